The number of nitrogens with zero attached hydrogens (tertiary/aromatic N) is 1. The highest BCUT2D eigenvalue weighted by Crippen LogP contribution is 2.32. The van der Waals surface area contributed by atoms with Crippen LogP contribution in [0.3, 0.4) is 0 Å². The van der Waals surface area contributed by atoms with E-state index in [1.807, 2.05) is 13.8 Å². The molecule has 0 unspecified atom stereocenters. The third-order valence-corrected chi connectivity index (χ3v) is 3.12. The maximum absolute atomic E-state index is 12.1. The number of H-pyrrole nitrogens is 1. The number of anilines is 1. The molecule has 2 heterocycles. The Kier molecular flexibility index (Phi) is 2.63. The van der Waals surface area contributed by atoms with Crippen molar-refractivity contribution in [3.05, 3.63) is 35.0 Å². The number of aromatic nitrogens is 2. The van der Waals surface area contributed by atoms with Crippen LogP contribution in [0.2, 0.25) is 0 Å². The average molecular weight is 259 g/mol. The maximum Gasteiger partial charge on any atom is 0.257 e. The van der Waals surface area contributed by atoms with Crippen LogP contribution in [0.5, 0.6) is 11.5 Å². The lowest BCUT2D eigenvalue weighted by Gasteiger charge is -2.04. The van der Waals surface area contributed by atoms with Gasteiger partial charge in [-0.15, -0.1) is 0 Å². The predicted octanol–water partition coefficient (Wildman–Crippen LogP) is 2.01. The quantitative estimate of drug-likeness (QED) is 0.865. The maximum atomic E-state index is 12.1. The van der Waals surface area contributed by atoms with E-state index in [0.717, 1.165) is 11.3 Å². The number of hydrogen-bond acceptors (Lipinski definition) is 4. The fourth-order valence-electron chi connectivity index (χ4n) is 1.82. The number of hydrogen-bond donors (Lipinski definition) is 2. The first-order chi connectivity index (χ1) is 9.15. The monoisotopic (exact) mass is 259 g/mol. The lowest BCUT2D eigenvalue weighted by molar-refractivity contribution is 0.102. The highest BCUT2D eigenvalue weighted by atomic mass is 16.7. The highest BCUT2D eigenvalue weighted by Gasteiger charge is 2.17. The molecular weight excluding hydrogens is 246 g/mol. The summed E-state index contributed by atoms with van der Waals surface area (Å²) in [5, 5.41) is 9.63. The van der Waals surface area contributed by atoms with E-state index in [-0.39, 0.29) is 12.7 Å². The largest absolute Gasteiger partial charge is 0.454 e. The van der Waals surface area contributed by atoms with E-state index < -0.39 is 0 Å². The number of fused-ring (bicyclic) bond motifs is 1. The molecule has 1 aliphatic rings. The molecule has 6 nitrogen and oxygen atoms in total. The molecule has 0 radical (unpaired) electrons. The number of ether oxygens (including phenoxy) is 2. The van der Waals surface area contributed by atoms with Gasteiger partial charge in [0.05, 0.1) is 0 Å². The molecule has 2 aromatic rings. The summed E-state index contributed by atoms with van der Waals surface area (Å²) in [6, 6.07) is 5.07. The standard InChI is InChI=1S/C13H13N3O3/c1-7-8(2)15-16-12(7)14-13(17)9-3-4-10-11(5-9)19-6-18-10/h3-5H,6H2,1-2H3,(H2,14,15,16,17). The van der Waals surface area contributed by atoms with Crippen molar-refractivity contribution in [2.45, 2.75) is 13.8 Å². The van der Waals surface area contributed by atoms with Crippen molar-refractivity contribution in [3.63, 3.8) is 0 Å². The molecule has 0 saturated heterocycles. The van der Waals surface area contributed by atoms with E-state index in [0.29, 0.717) is 22.9 Å². The molecule has 1 aromatic heterocycles. The van der Waals surface area contributed by atoms with E-state index in [2.05, 4.69) is 15.5 Å². The number of benzene rings is 1. The molecule has 0 fully saturated rings. The number of amides is 1. The summed E-state index contributed by atoms with van der Waals surface area (Å²) in [6.07, 6.45) is 0. The van der Waals surface area contributed by atoms with Gasteiger partial charge in [-0.05, 0) is 32.0 Å². The average Bonchev–Trinajstić information content (AvgIpc) is 2.99. The minimum atomic E-state index is -0.229. The van der Waals surface area contributed by atoms with Crippen molar-refractivity contribution in [2.75, 3.05) is 12.1 Å². The third kappa shape index (κ3) is 2.01. The number of carbonyl (C=O) groups excluding carboxylic acids is 1. The first-order valence-electron chi connectivity index (χ1n) is 5.87. The second-order valence-corrected chi connectivity index (χ2v) is 4.34. The molecule has 0 aliphatic carbocycles. The third-order valence-electron chi connectivity index (χ3n) is 3.12. The number of aryl methyl sites for hydroxylation is 1. The molecule has 6 heteroatoms. The number of aromatic amines is 1. The minimum Gasteiger partial charge on any atom is -0.454 e. The molecular formula is C13H13N3O3. The van der Waals surface area contributed by atoms with Crippen LogP contribution in [-0.2, 0) is 0 Å². The fraction of sp³-hybridized carbons (Fsp3) is 0.231. The van der Waals surface area contributed by atoms with E-state index in [9.17, 15) is 4.79 Å². The molecule has 0 atom stereocenters. The van der Waals surface area contributed by atoms with Gasteiger partial charge in [0.15, 0.2) is 17.3 Å². The molecule has 2 N–H and O–H groups in total. The van der Waals surface area contributed by atoms with Gasteiger partial charge in [0.1, 0.15) is 0 Å². The van der Waals surface area contributed by atoms with Gasteiger partial charge in [0.2, 0.25) is 6.79 Å². The zero-order valence-corrected chi connectivity index (χ0v) is 10.6. The smallest absolute Gasteiger partial charge is 0.257 e. The molecule has 3 rings (SSSR count). The van der Waals surface area contributed by atoms with Gasteiger partial charge in [-0.1, -0.05) is 0 Å². The van der Waals surface area contributed by atoms with Gasteiger partial charge in [-0.25, -0.2) is 0 Å². The van der Waals surface area contributed by atoms with Crippen LogP contribution >= 0.6 is 0 Å². The summed E-state index contributed by atoms with van der Waals surface area (Å²) in [6.45, 7) is 3.99. The van der Waals surface area contributed by atoms with Crippen LogP contribution in [0.25, 0.3) is 0 Å². The van der Waals surface area contributed by atoms with Crippen molar-refractivity contribution >= 4 is 11.7 Å². The molecule has 0 saturated carbocycles. The van der Waals surface area contributed by atoms with Crippen molar-refractivity contribution in [2.24, 2.45) is 0 Å². The Morgan fingerprint density at radius 1 is 1.32 bits per heavy atom. The van der Waals surface area contributed by atoms with E-state index >= 15 is 0 Å². The topological polar surface area (TPSA) is 76.2 Å². The van der Waals surface area contributed by atoms with Gasteiger partial charge >= 0.3 is 0 Å². The Morgan fingerprint density at radius 2 is 2.11 bits per heavy atom. The normalized spacial score (nSPS) is 12.5. The van der Waals surface area contributed by atoms with Crippen molar-refractivity contribution in [3.8, 4) is 11.5 Å². The van der Waals surface area contributed by atoms with Gasteiger partial charge < -0.3 is 14.8 Å². The Labute approximate surface area is 109 Å². The van der Waals surface area contributed by atoms with Crippen LogP contribution in [-0.4, -0.2) is 22.9 Å². The lowest BCUT2D eigenvalue weighted by atomic mass is 10.2. The summed E-state index contributed by atoms with van der Waals surface area (Å²) in [4.78, 5) is 12.1. The zero-order chi connectivity index (χ0) is 13.4. The van der Waals surface area contributed by atoms with Crippen LogP contribution in [0.15, 0.2) is 18.2 Å². The Morgan fingerprint density at radius 3 is 2.84 bits per heavy atom. The Bertz CT molecular complexity index is 649. The molecule has 0 bridgehead atoms. The Hall–Kier alpha value is -2.50. The van der Waals surface area contributed by atoms with E-state index in [1.54, 1.807) is 18.2 Å². The van der Waals surface area contributed by atoms with Crippen LogP contribution in [0, 0.1) is 13.8 Å². The van der Waals surface area contributed by atoms with Crippen LogP contribution in [0.1, 0.15) is 21.6 Å². The molecule has 98 valence electrons. The lowest BCUT2D eigenvalue weighted by Crippen LogP contribution is -2.12. The van der Waals surface area contributed by atoms with Crippen molar-refractivity contribution in [1.29, 1.82) is 0 Å². The number of rotatable bonds is 2. The second-order valence-electron chi connectivity index (χ2n) is 4.34. The van der Waals surface area contributed by atoms with Crippen LogP contribution in [0.4, 0.5) is 5.82 Å². The summed E-state index contributed by atoms with van der Waals surface area (Å²) in [7, 11) is 0. The van der Waals surface area contributed by atoms with Crippen LogP contribution < -0.4 is 14.8 Å². The zero-order valence-electron chi connectivity index (χ0n) is 10.6. The summed E-state index contributed by atoms with van der Waals surface area (Å²) in [5.74, 6) is 1.55. The molecule has 1 aromatic carbocycles. The minimum absolute atomic E-state index is 0.193. The highest BCUT2D eigenvalue weighted by molar-refractivity contribution is 6.04. The molecule has 19 heavy (non-hydrogen) atoms. The molecule has 0 spiro atoms. The van der Waals surface area contributed by atoms with Gasteiger partial charge in [0.25, 0.3) is 5.91 Å². The van der Waals surface area contributed by atoms with Gasteiger partial charge in [0, 0.05) is 16.8 Å². The first kappa shape index (κ1) is 11.6. The fourth-order valence-corrected chi connectivity index (χ4v) is 1.82. The SMILES string of the molecule is Cc1[nH]nc(NC(=O)c2ccc3c(c2)OCO3)c1C. The molecule has 1 aliphatic heterocycles. The second kappa shape index (κ2) is 4.31. The Balaban J connectivity index is 1.83. The number of nitrogens with one attached hydrogen (secondary N) is 2. The van der Waals surface area contributed by atoms with Gasteiger partial charge in [-0.3, -0.25) is 9.89 Å². The van der Waals surface area contributed by atoms with Crippen molar-refractivity contribution in [1.82, 2.24) is 10.2 Å². The summed E-state index contributed by atoms with van der Waals surface area (Å²) < 4.78 is 10.4. The van der Waals surface area contributed by atoms with E-state index in [4.69, 9.17) is 9.47 Å². The predicted molar refractivity (Wildman–Crippen MR) is 68.6 cm³/mol. The van der Waals surface area contributed by atoms with Gasteiger partial charge in [-0.2, -0.15) is 5.10 Å². The summed E-state index contributed by atoms with van der Waals surface area (Å²) in [5.41, 5.74) is 2.36. The van der Waals surface area contributed by atoms with Crippen molar-refractivity contribution < 1.29 is 14.3 Å². The summed E-state index contributed by atoms with van der Waals surface area (Å²) >= 11 is 0. The first-order valence-corrected chi connectivity index (χ1v) is 5.87. The molecule has 1 amide bonds. The number of carbonyl (C=O) groups is 1. The van der Waals surface area contributed by atoms with E-state index in [1.165, 1.54) is 0 Å².